The van der Waals surface area contributed by atoms with E-state index in [2.05, 4.69) is 4.72 Å². The Hall–Kier alpha value is -3.54. The van der Waals surface area contributed by atoms with Crippen molar-refractivity contribution in [3.05, 3.63) is 82.4 Å². The highest BCUT2D eigenvalue weighted by molar-refractivity contribution is 7.89. The predicted octanol–water partition coefficient (Wildman–Crippen LogP) is 2.40. The van der Waals surface area contributed by atoms with E-state index in [4.69, 9.17) is 11.1 Å². The number of amides is 1. The zero-order valence-corrected chi connectivity index (χ0v) is 23.8. The van der Waals surface area contributed by atoms with Crippen LogP contribution >= 0.6 is 0 Å². The Kier molecular flexibility index (Phi) is 8.77. The molecule has 0 saturated heterocycles. The van der Waals surface area contributed by atoms with Gasteiger partial charge < -0.3 is 15.7 Å². The standard InChI is InChI=1S/C29H37N5O5S/c1-18(2)33-14-12-21-8-4-5-10-23(21)28(33)40(38,39)32-24(17-20-7-6-9-22(16-20)26(30)31)27(35)34-13-11-19(3)15-25(34)29(36)37/h4-11,16,18,24-25,28,32H,12-15,17H2,1-3H3,(H3,30,31)(H,36,37)/t24-,25?,28?/m0/s1. The molecule has 0 fully saturated rings. The molecule has 0 saturated carbocycles. The van der Waals surface area contributed by atoms with Gasteiger partial charge in [0.15, 0.2) is 5.37 Å². The van der Waals surface area contributed by atoms with Crippen LogP contribution in [0.15, 0.2) is 60.2 Å². The molecule has 1 amide bonds. The summed E-state index contributed by atoms with van der Waals surface area (Å²) in [6.07, 6.45) is 2.62. The Labute approximate surface area is 235 Å². The van der Waals surface area contributed by atoms with E-state index < -0.39 is 39.4 Å². The Morgan fingerprint density at radius 1 is 1.18 bits per heavy atom. The number of nitrogen functional groups attached to an aromatic ring is 1. The summed E-state index contributed by atoms with van der Waals surface area (Å²) in [5.41, 5.74) is 9.16. The summed E-state index contributed by atoms with van der Waals surface area (Å²) in [5.74, 6) is -1.92. The molecule has 2 aliphatic heterocycles. The van der Waals surface area contributed by atoms with Crippen LogP contribution in [0, 0.1) is 5.41 Å². The van der Waals surface area contributed by atoms with Gasteiger partial charge in [0, 0.05) is 24.7 Å². The third-order valence-corrected chi connectivity index (χ3v) is 9.32. The number of nitrogens with two attached hydrogens (primary N) is 1. The molecule has 4 rings (SSSR count). The van der Waals surface area contributed by atoms with Crippen molar-refractivity contribution in [1.29, 1.82) is 5.41 Å². The monoisotopic (exact) mass is 567 g/mol. The number of carboxylic acids is 1. The summed E-state index contributed by atoms with van der Waals surface area (Å²) in [7, 11) is -4.17. The first-order valence-corrected chi connectivity index (χ1v) is 14.9. The van der Waals surface area contributed by atoms with Crippen molar-refractivity contribution in [1.82, 2.24) is 14.5 Å². The first-order valence-electron chi connectivity index (χ1n) is 13.4. The highest BCUT2D eigenvalue weighted by Crippen LogP contribution is 2.35. The second-order valence-electron chi connectivity index (χ2n) is 10.8. The molecule has 214 valence electrons. The smallest absolute Gasteiger partial charge is 0.326 e. The van der Waals surface area contributed by atoms with E-state index in [-0.39, 0.29) is 31.3 Å². The lowest BCUT2D eigenvalue weighted by atomic mass is 9.98. The molecule has 40 heavy (non-hydrogen) atoms. The normalized spacial score (nSPS) is 20.5. The lowest BCUT2D eigenvalue weighted by molar-refractivity contribution is -0.150. The van der Waals surface area contributed by atoms with Crippen molar-refractivity contribution in [2.45, 2.75) is 63.5 Å². The average Bonchev–Trinajstić information content (AvgIpc) is 2.91. The number of benzene rings is 2. The number of carbonyl (C=O) groups is 2. The van der Waals surface area contributed by atoms with Gasteiger partial charge in [0.05, 0.1) is 0 Å². The fourth-order valence-electron chi connectivity index (χ4n) is 5.51. The Morgan fingerprint density at radius 3 is 2.58 bits per heavy atom. The number of nitrogens with zero attached hydrogens (tertiary/aromatic N) is 2. The average molecular weight is 568 g/mol. The Morgan fingerprint density at radius 2 is 1.90 bits per heavy atom. The first-order chi connectivity index (χ1) is 18.9. The molecule has 0 aliphatic carbocycles. The number of nitrogens with one attached hydrogen (secondary N) is 2. The topological polar surface area (TPSA) is 157 Å². The minimum Gasteiger partial charge on any atom is -0.480 e. The van der Waals surface area contributed by atoms with Crippen molar-refractivity contribution in [3.8, 4) is 0 Å². The lowest BCUT2D eigenvalue weighted by Gasteiger charge is -2.40. The molecule has 10 nitrogen and oxygen atoms in total. The molecule has 2 unspecified atom stereocenters. The molecular weight excluding hydrogens is 530 g/mol. The first kappa shape index (κ1) is 29.4. The summed E-state index contributed by atoms with van der Waals surface area (Å²) in [6.45, 7) is 6.29. The molecule has 2 aromatic rings. The SMILES string of the molecule is CC1=CCN(C(=O)[C@H](Cc2cccc(C(=N)N)c2)NS(=O)(=O)C2c3ccccc3CCN2C(C)C)C(C(=O)O)C1. The van der Waals surface area contributed by atoms with Crippen LogP contribution < -0.4 is 10.5 Å². The summed E-state index contributed by atoms with van der Waals surface area (Å²) in [5, 5.41) is 16.6. The van der Waals surface area contributed by atoms with Crippen molar-refractivity contribution in [3.63, 3.8) is 0 Å². The number of hydrogen-bond donors (Lipinski definition) is 4. The quantitative estimate of drug-likeness (QED) is 0.206. The molecule has 0 bridgehead atoms. The van der Waals surface area contributed by atoms with Crippen LogP contribution in [0.3, 0.4) is 0 Å². The molecule has 0 spiro atoms. The third-order valence-electron chi connectivity index (χ3n) is 7.60. The molecule has 5 N–H and O–H groups in total. The van der Waals surface area contributed by atoms with Crippen molar-refractivity contribution in [2.24, 2.45) is 5.73 Å². The number of carbonyl (C=O) groups excluding carboxylic acids is 1. The van der Waals surface area contributed by atoms with Crippen LogP contribution in [0.2, 0.25) is 0 Å². The van der Waals surface area contributed by atoms with Gasteiger partial charge in [0.1, 0.15) is 17.9 Å². The van der Waals surface area contributed by atoms with Crippen molar-refractivity contribution >= 4 is 27.7 Å². The molecule has 3 atom stereocenters. The zero-order chi connectivity index (χ0) is 29.2. The Bertz CT molecular complexity index is 1440. The maximum atomic E-state index is 14.2. The molecule has 2 aliphatic rings. The summed E-state index contributed by atoms with van der Waals surface area (Å²) in [6, 6.07) is 11.7. The van der Waals surface area contributed by atoms with Crippen LogP contribution in [0.5, 0.6) is 0 Å². The molecule has 0 radical (unpaired) electrons. The van der Waals surface area contributed by atoms with E-state index in [9.17, 15) is 23.1 Å². The number of hydrogen-bond acceptors (Lipinski definition) is 6. The number of aliphatic carboxylic acids is 1. The van der Waals surface area contributed by atoms with Crippen LogP contribution in [-0.4, -0.2) is 72.3 Å². The second kappa shape index (κ2) is 11.9. The van der Waals surface area contributed by atoms with Gasteiger partial charge in [0.2, 0.25) is 15.9 Å². The molecular formula is C29H37N5O5S. The largest absolute Gasteiger partial charge is 0.480 e. The summed E-state index contributed by atoms with van der Waals surface area (Å²) in [4.78, 5) is 29.2. The highest BCUT2D eigenvalue weighted by atomic mass is 32.2. The number of rotatable bonds is 9. The minimum absolute atomic E-state index is 0.0409. The van der Waals surface area contributed by atoms with Gasteiger partial charge in [0.25, 0.3) is 0 Å². The fourth-order valence-corrected chi connectivity index (χ4v) is 7.49. The van der Waals surface area contributed by atoms with Gasteiger partial charge in [-0.05, 0) is 62.8 Å². The van der Waals surface area contributed by atoms with Crippen molar-refractivity contribution in [2.75, 3.05) is 13.1 Å². The second-order valence-corrected chi connectivity index (χ2v) is 12.5. The van der Waals surface area contributed by atoms with E-state index >= 15 is 0 Å². The van der Waals surface area contributed by atoms with Gasteiger partial charge in [-0.15, -0.1) is 0 Å². The number of fused-ring (bicyclic) bond motifs is 1. The zero-order valence-electron chi connectivity index (χ0n) is 23.0. The fraction of sp³-hybridized carbons (Fsp3) is 0.414. The van der Waals surface area contributed by atoms with E-state index in [1.54, 1.807) is 42.5 Å². The van der Waals surface area contributed by atoms with E-state index in [0.717, 1.165) is 11.1 Å². The van der Waals surface area contributed by atoms with Gasteiger partial charge in [-0.2, -0.15) is 0 Å². The van der Waals surface area contributed by atoms with Crippen LogP contribution in [0.25, 0.3) is 0 Å². The highest BCUT2D eigenvalue weighted by Gasteiger charge is 2.42. The van der Waals surface area contributed by atoms with Gasteiger partial charge >= 0.3 is 5.97 Å². The predicted molar refractivity (Wildman–Crippen MR) is 153 cm³/mol. The molecule has 2 heterocycles. The summed E-state index contributed by atoms with van der Waals surface area (Å²) < 4.78 is 31.1. The molecule has 11 heteroatoms. The third kappa shape index (κ3) is 6.27. The maximum absolute atomic E-state index is 14.2. The molecule has 2 aromatic carbocycles. The minimum atomic E-state index is -4.17. The van der Waals surface area contributed by atoms with Crippen molar-refractivity contribution < 1.29 is 23.1 Å². The summed E-state index contributed by atoms with van der Waals surface area (Å²) >= 11 is 0. The van der Waals surface area contributed by atoms with Gasteiger partial charge in [-0.1, -0.05) is 54.1 Å². The van der Waals surface area contributed by atoms with Crippen LogP contribution in [0.1, 0.15) is 54.8 Å². The van der Waals surface area contributed by atoms with Crippen LogP contribution in [-0.2, 0) is 32.5 Å². The van der Waals surface area contributed by atoms with E-state index in [1.165, 1.54) is 4.90 Å². The van der Waals surface area contributed by atoms with Gasteiger partial charge in [-0.3, -0.25) is 15.1 Å². The van der Waals surface area contributed by atoms with E-state index in [1.807, 2.05) is 37.8 Å². The number of carboxylic acid groups (broad SMARTS) is 1. The van der Waals surface area contributed by atoms with Crippen LogP contribution in [0.4, 0.5) is 0 Å². The lowest BCUT2D eigenvalue weighted by Crippen LogP contribution is -2.57. The maximum Gasteiger partial charge on any atom is 0.326 e. The number of sulfonamides is 1. The molecule has 0 aromatic heterocycles. The Balaban J connectivity index is 1.75. The number of amidine groups is 1. The van der Waals surface area contributed by atoms with Gasteiger partial charge in [-0.25, -0.2) is 17.9 Å². The van der Waals surface area contributed by atoms with E-state index in [0.29, 0.717) is 29.7 Å².